The maximum atomic E-state index is 10.6. The topological polar surface area (TPSA) is 78.4 Å². The van der Waals surface area contributed by atoms with Crippen LogP contribution in [0.2, 0.25) is 0 Å². The zero-order valence-electron chi connectivity index (χ0n) is 7.84. The maximum absolute atomic E-state index is 10.6. The highest BCUT2D eigenvalue weighted by atomic mass is 16.6. The summed E-state index contributed by atoms with van der Waals surface area (Å²) in [4.78, 5) is 10.2. The van der Waals surface area contributed by atoms with Crippen LogP contribution in [-0.4, -0.2) is 11.2 Å². The van der Waals surface area contributed by atoms with Gasteiger partial charge in [0.05, 0.1) is 17.1 Å². The van der Waals surface area contributed by atoms with E-state index in [-0.39, 0.29) is 12.3 Å². The molecule has 1 aromatic carbocycles. The summed E-state index contributed by atoms with van der Waals surface area (Å²) >= 11 is 0. The standard InChI is InChI=1S/C9H12N2O3/c1-7(10)14-6-8-4-2-3-5-9(8)11(12)13/h2-5,7H,6,10H2,1H3. The molecule has 76 valence electrons. The Bertz CT molecular complexity index is 326. The molecule has 0 aliphatic heterocycles. The highest BCUT2D eigenvalue weighted by Crippen LogP contribution is 2.18. The first-order valence-electron chi connectivity index (χ1n) is 4.20. The summed E-state index contributed by atoms with van der Waals surface area (Å²) in [5, 5.41) is 10.6. The van der Waals surface area contributed by atoms with E-state index in [1.807, 2.05) is 0 Å². The predicted molar refractivity (Wildman–Crippen MR) is 51.5 cm³/mol. The molecule has 5 nitrogen and oxygen atoms in total. The Morgan fingerprint density at radius 2 is 2.21 bits per heavy atom. The van der Waals surface area contributed by atoms with E-state index in [2.05, 4.69) is 0 Å². The second-order valence-corrected chi connectivity index (χ2v) is 2.90. The molecule has 0 bridgehead atoms. The van der Waals surface area contributed by atoms with Gasteiger partial charge in [0.15, 0.2) is 0 Å². The lowest BCUT2D eigenvalue weighted by Gasteiger charge is -2.07. The second kappa shape index (κ2) is 4.69. The van der Waals surface area contributed by atoms with Crippen molar-refractivity contribution < 1.29 is 9.66 Å². The number of hydrogen-bond donors (Lipinski definition) is 1. The van der Waals surface area contributed by atoms with E-state index in [9.17, 15) is 10.1 Å². The van der Waals surface area contributed by atoms with E-state index in [1.54, 1.807) is 25.1 Å². The molecule has 0 amide bonds. The Morgan fingerprint density at radius 1 is 1.57 bits per heavy atom. The van der Waals surface area contributed by atoms with Gasteiger partial charge in [-0.15, -0.1) is 0 Å². The number of hydrogen-bond acceptors (Lipinski definition) is 4. The van der Waals surface area contributed by atoms with Crippen molar-refractivity contribution in [3.63, 3.8) is 0 Å². The normalized spacial score (nSPS) is 12.4. The highest BCUT2D eigenvalue weighted by molar-refractivity contribution is 5.39. The summed E-state index contributed by atoms with van der Waals surface area (Å²) in [5.74, 6) is 0. The Kier molecular flexibility index (Phi) is 3.55. The van der Waals surface area contributed by atoms with Crippen molar-refractivity contribution in [2.45, 2.75) is 19.8 Å². The minimum absolute atomic E-state index is 0.0631. The molecule has 1 aromatic rings. The van der Waals surface area contributed by atoms with Crippen LogP contribution in [0.3, 0.4) is 0 Å². The Labute approximate surface area is 81.6 Å². The molecule has 0 aliphatic carbocycles. The van der Waals surface area contributed by atoms with Gasteiger partial charge in [-0.05, 0) is 13.0 Å². The number of nitrogens with zero attached hydrogens (tertiary/aromatic N) is 1. The van der Waals surface area contributed by atoms with Crippen LogP contribution in [0.25, 0.3) is 0 Å². The summed E-state index contributed by atoms with van der Waals surface area (Å²) in [7, 11) is 0. The maximum Gasteiger partial charge on any atom is 0.274 e. The summed E-state index contributed by atoms with van der Waals surface area (Å²) in [5.41, 5.74) is 5.97. The van der Waals surface area contributed by atoms with Crippen LogP contribution < -0.4 is 5.73 Å². The number of nitro benzene ring substituents is 1. The van der Waals surface area contributed by atoms with Gasteiger partial charge >= 0.3 is 0 Å². The molecule has 0 aliphatic rings. The van der Waals surface area contributed by atoms with Crippen LogP contribution in [0.5, 0.6) is 0 Å². The smallest absolute Gasteiger partial charge is 0.274 e. The van der Waals surface area contributed by atoms with Gasteiger partial charge < -0.3 is 10.5 Å². The van der Waals surface area contributed by atoms with Gasteiger partial charge in [-0.1, -0.05) is 12.1 Å². The molecule has 0 saturated carbocycles. The fourth-order valence-electron chi connectivity index (χ4n) is 1.03. The summed E-state index contributed by atoms with van der Waals surface area (Å²) in [6, 6.07) is 6.45. The van der Waals surface area contributed by atoms with Crippen molar-refractivity contribution >= 4 is 5.69 Å². The Hall–Kier alpha value is -1.46. The molecule has 0 fully saturated rings. The van der Waals surface area contributed by atoms with Crippen molar-refractivity contribution in [3.05, 3.63) is 39.9 Å². The molecule has 1 atom stereocenters. The van der Waals surface area contributed by atoms with Gasteiger partial charge in [0.25, 0.3) is 5.69 Å². The highest BCUT2D eigenvalue weighted by Gasteiger charge is 2.12. The van der Waals surface area contributed by atoms with E-state index in [0.717, 1.165) is 0 Å². The molecule has 2 N–H and O–H groups in total. The Morgan fingerprint density at radius 3 is 2.79 bits per heavy atom. The lowest BCUT2D eigenvalue weighted by molar-refractivity contribution is -0.386. The van der Waals surface area contributed by atoms with Gasteiger partial charge in [-0.2, -0.15) is 0 Å². The minimum Gasteiger partial charge on any atom is -0.359 e. The fraction of sp³-hybridized carbons (Fsp3) is 0.333. The van der Waals surface area contributed by atoms with Crippen LogP contribution in [0, 0.1) is 10.1 Å². The van der Waals surface area contributed by atoms with E-state index in [4.69, 9.17) is 10.5 Å². The van der Waals surface area contributed by atoms with Gasteiger partial charge in [0.2, 0.25) is 0 Å². The quantitative estimate of drug-likeness (QED) is 0.448. The number of ether oxygens (including phenoxy) is 1. The molecule has 14 heavy (non-hydrogen) atoms. The molecular weight excluding hydrogens is 184 g/mol. The van der Waals surface area contributed by atoms with E-state index in [0.29, 0.717) is 5.56 Å². The third-order valence-electron chi connectivity index (χ3n) is 1.69. The SMILES string of the molecule is CC(N)OCc1ccccc1[N+](=O)[O-]. The van der Waals surface area contributed by atoms with Crippen molar-refractivity contribution in [1.29, 1.82) is 0 Å². The van der Waals surface area contributed by atoms with Crippen molar-refractivity contribution in [2.75, 3.05) is 0 Å². The minimum atomic E-state index is -0.431. The van der Waals surface area contributed by atoms with Crippen LogP contribution in [0.15, 0.2) is 24.3 Å². The number of para-hydroxylation sites is 1. The van der Waals surface area contributed by atoms with E-state index >= 15 is 0 Å². The molecule has 0 aromatic heterocycles. The second-order valence-electron chi connectivity index (χ2n) is 2.90. The van der Waals surface area contributed by atoms with E-state index < -0.39 is 11.2 Å². The number of rotatable bonds is 4. The number of nitrogens with two attached hydrogens (primary N) is 1. The molecule has 0 heterocycles. The molecule has 1 unspecified atom stereocenters. The van der Waals surface area contributed by atoms with E-state index in [1.165, 1.54) is 6.07 Å². The van der Waals surface area contributed by atoms with Gasteiger partial charge in [-0.3, -0.25) is 10.1 Å². The molecule has 5 heteroatoms. The lowest BCUT2D eigenvalue weighted by Crippen LogP contribution is -2.18. The summed E-state index contributed by atoms with van der Waals surface area (Å²) in [6.07, 6.45) is -0.421. The first kappa shape index (κ1) is 10.6. The van der Waals surface area contributed by atoms with Crippen molar-refractivity contribution in [2.24, 2.45) is 5.73 Å². The van der Waals surface area contributed by atoms with Gasteiger partial charge in [0, 0.05) is 6.07 Å². The average molecular weight is 196 g/mol. The molecule has 0 spiro atoms. The molecular formula is C9H12N2O3. The van der Waals surface area contributed by atoms with Crippen molar-refractivity contribution in [1.82, 2.24) is 0 Å². The molecule has 1 rings (SSSR count). The van der Waals surface area contributed by atoms with Crippen LogP contribution in [-0.2, 0) is 11.3 Å². The molecule has 0 radical (unpaired) electrons. The first-order chi connectivity index (χ1) is 6.61. The Balaban J connectivity index is 2.79. The zero-order valence-corrected chi connectivity index (χ0v) is 7.84. The third kappa shape index (κ3) is 2.79. The average Bonchev–Trinajstić information content (AvgIpc) is 2.15. The summed E-state index contributed by atoms with van der Waals surface area (Å²) < 4.78 is 5.09. The van der Waals surface area contributed by atoms with Gasteiger partial charge in [0.1, 0.15) is 6.23 Å². The van der Waals surface area contributed by atoms with Gasteiger partial charge in [-0.25, -0.2) is 0 Å². The largest absolute Gasteiger partial charge is 0.359 e. The van der Waals surface area contributed by atoms with Crippen LogP contribution >= 0.6 is 0 Å². The summed E-state index contributed by atoms with van der Waals surface area (Å²) in [6.45, 7) is 1.84. The van der Waals surface area contributed by atoms with Crippen LogP contribution in [0.1, 0.15) is 12.5 Å². The lowest BCUT2D eigenvalue weighted by atomic mass is 10.2. The molecule has 0 saturated heterocycles. The van der Waals surface area contributed by atoms with Crippen molar-refractivity contribution in [3.8, 4) is 0 Å². The zero-order chi connectivity index (χ0) is 10.6. The fourth-order valence-corrected chi connectivity index (χ4v) is 1.03. The third-order valence-corrected chi connectivity index (χ3v) is 1.69. The van der Waals surface area contributed by atoms with Crippen LogP contribution in [0.4, 0.5) is 5.69 Å². The number of nitro groups is 1. The monoisotopic (exact) mass is 196 g/mol. The first-order valence-corrected chi connectivity index (χ1v) is 4.20. The predicted octanol–water partition coefficient (Wildman–Crippen LogP) is 1.42. The number of benzene rings is 1.